The Kier molecular flexibility index (Phi) is 6.20. The van der Waals surface area contributed by atoms with Crippen molar-refractivity contribution in [3.05, 3.63) is 69.6 Å². The van der Waals surface area contributed by atoms with E-state index in [2.05, 4.69) is 15.0 Å². The first-order chi connectivity index (χ1) is 14.5. The third-order valence-electron chi connectivity index (χ3n) is 4.36. The lowest BCUT2D eigenvalue weighted by molar-refractivity contribution is 0.0949. The van der Waals surface area contributed by atoms with Crippen molar-refractivity contribution in [3.63, 3.8) is 0 Å². The molecular weight excluding hydrogens is 397 g/mol. The second-order valence-electron chi connectivity index (χ2n) is 6.25. The maximum absolute atomic E-state index is 15.2. The number of hydrogen-bond donors (Lipinski definition) is 2. The van der Waals surface area contributed by atoms with Gasteiger partial charge in [0.1, 0.15) is 11.9 Å². The zero-order valence-corrected chi connectivity index (χ0v) is 15.5. The number of nitrogen functional groups attached to an aromatic ring is 1. The Bertz CT molecular complexity index is 1040. The van der Waals surface area contributed by atoms with E-state index in [1.165, 1.54) is 12.3 Å². The van der Waals surface area contributed by atoms with E-state index in [0.29, 0.717) is 5.69 Å². The lowest BCUT2D eigenvalue weighted by Crippen LogP contribution is -2.32. The Balaban J connectivity index is 2.03. The summed E-state index contributed by atoms with van der Waals surface area (Å²) in [6.07, 6.45) is -0.377. The molecule has 1 aromatic carbocycles. The van der Waals surface area contributed by atoms with Gasteiger partial charge >= 0.3 is 6.09 Å². The second kappa shape index (κ2) is 8.99. The largest absolute Gasteiger partial charge is 0.444 e. The summed E-state index contributed by atoms with van der Waals surface area (Å²) >= 11 is 0. The van der Waals surface area contributed by atoms with Gasteiger partial charge in [0.25, 0.3) is 5.91 Å². The number of Topliss-reactive ketones (excluding diaryl/α,β-unsaturated/α-hetero) is 1. The zero-order chi connectivity index (χ0) is 21.7. The van der Waals surface area contributed by atoms with Gasteiger partial charge in [-0.3, -0.25) is 24.9 Å². The smallest absolute Gasteiger partial charge is 0.414 e. The number of anilines is 1. The first-order valence-corrected chi connectivity index (χ1v) is 8.71. The first kappa shape index (κ1) is 20.7. The summed E-state index contributed by atoms with van der Waals surface area (Å²) in [5.74, 6) is 2.33. The third kappa shape index (κ3) is 4.19. The quantitative estimate of drug-likeness (QED) is 0.134. The molecule has 1 aliphatic heterocycles. The van der Waals surface area contributed by atoms with Gasteiger partial charge in [0.2, 0.25) is 0 Å². The summed E-state index contributed by atoms with van der Waals surface area (Å²) in [4.78, 5) is 44.8. The molecular formula is C18H16FN7O4. The standard InChI is InChI=1S/C18H16FN7O4/c19-16-12(17(28)24-20)4-5-13(26-9-11(8-23-25-21)30-18(26)29)15(16)14(27)7-10-3-1-2-6-22-10/h1-6,11H,7-9,20H2,(H,24,28)/t11-/m0/s1. The van der Waals surface area contributed by atoms with Gasteiger partial charge in [0.05, 0.1) is 36.3 Å². The number of rotatable bonds is 7. The van der Waals surface area contributed by atoms with E-state index in [0.717, 1.165) is 11.0 Å². The van der Waals surface area contributed by atoms with Crippen LogP contribution in [0, 0.1) is 5.82 Å². The van der Waals surface area contributed by atoms with E-state index in [9.17, 15) is 14.4 Å². The fourth-order valence-electron chi connectivity index (χ4n) is 3.01. The van der Waals surface area contributed by atoms with Crippen LogP contribution >= 0.6 is 0 Å². The average molecular weight is 413 g/mol. The Labute approximate surface area is 169 Å². The van der Waals surface area contributed by atoms with E-state index in [1.807, 2.05) is 5.43 Å². The lowest BCUT2D eigenvalue weighted by atomic mass is 9.99. The van der Waals surface area contributed by atoms with E-state index in [1.54, 1.807) is 18.2 Å². The number of nitrogens with two attached hydrogens (primary N) is 1. The Morgan fingerprint density at radius 3 is 2.87 bits per heavy atom. The number of nitrogens with zero attached hydrogens (tertiary/aromatic N) is 5. The number of carbonyl (C=O) groups excluding carboxylic acids is 3. The molecule has 12 heteroatoms. The fourth-order valence-corrected chi connectivity index (χ4v) is 3.01. The van der Waals surface area contributed by atoms with Gasteiger partial charge in [-0.05, 0) is 29.8 Å². The van der Waals surface area contributed by atoms with Crippen LogP contribution in [0.1, 0.15) is 26.4 Å². The molecule has 0 radical (unpaired) electrons. The van der Waals surface area contributed by atoms with Crippen molar-refractivity contribution in [1.82, 2.24) is 10.4 Å². The number of amides is 2. The van der Waals surface area contributed by atoms with Crippen LogP contribution in [0.3, 0.4) is 0 Å². The van der Waals surface area contributed by atoms with Crippen LogP contribution in [0.25, 0.3) is 10.4 Å². The number of benzene rings is 1. The molecule has 2 amide bonds. The highest BCUT2D eigenvalue weighted by molar-refractivity contribution is 6.08. The van der Waals surface area contributed by atoms with E-state index >= 15 is 4.39 Å². The molecule has 1 saturated heterocycles. The van der Waals surface area contributed by atoms with Crippen molar-refractivity contribution in [1.29, 1.82) is 0 Å². The highest BCUT2D eigenvalue weighted by Gasteiger charge is 2.36. The number of halogens is 1. The molecule has 30 heavy (non-hydrogen) atoms. The van der Waals surface area contributed by atoms with Crippen molar-refractivity contribution in [2.45, 2.75) is 12.5 Å². The molecule has 3 rings (SSSR count). The number of nitrogens with one attached hydrogen (secondary N) is 1. The summed E-state index contributed by atoms with van der Waals surface area (Å²) in [6.45, 7) is -0.185. The maximum Gasteiger partial charge on any atom is 0.414 e. The van der Waals surface area contributed by atoms with Crippen molar-refractivity contribution < 1.29 is 23.5 Å². The van der Waals surface area contributed by atoms with Crippen LogP contribution in [0.4, 0.5) is 14.9 Å². The number of carbonyl (C=O) groups is 3. The minimum Gasteiger partial charge on any atom is -0.444 e. The zero-order valence-electron chi connectivity index (χ0n) is 15.5. The van der Waals surface area contributed by atoms with Gasteiger partial charge in [-0.15, -0.1) is 0 Å². The van der Waals surface area contributed by atoms with Gasteiger partial charge < -0.3 is 4.74 Å². The summed E-state index contributed by atoms with van der Waals surface area (Å²) in [6, 6.07) is 7.29. The van der Waals surface area contributed by atoms with Crippen LogP contribution in [0.5, 0.6) is 0 Å². The first-order valence-electron chi connectivity index (χ1n) is 8.71. The molecule has 0 saturated carbocycles. The van der Waals surface area contributed by atoms with E-state index in [-0.39, 0.29) is 25.2 Å². The predicted octanol–water partition coefficient (Wildman–Crippen LogP) is 1.89. The minimum atomic E-state index is -1.12. The van der Waals surface area contributed by atoms with E-state index < -0.39 is 40.8 Å². The van der Waals surface area contributed by atoms with Gasteiger partial charge in [-0.2, -0.15) is 0 Å². The molecule has 0 spiro atoms. The van der Waals surface area contributed by atoms with Crippen LogP contribution in [-0.4, -0.2) is 42.0 Å². The Morgan fingerprint density at radius 2 is 2.20 bits per heavy atom. The highest BCUT2D eigenvalue weighted by atomic mass is 19.1. The maximum atomic E-state index is 15.2. The molecule has 0 unspecified atom stereocenters. The predicted molar refractivity (Wildman–Crippen MR) is 102 cm³/mol. The molecule has 1 fully saturated rings. The molecule has 2 aromatic rings. The number of pyridine rings is 1. The molecule has 1 aromatic heterocycles. The van der Waals surface area contributed by atoms with Gasteiger partial charge in [-0.1, -0.05) is 11.2 Å². The molecule has 0 aliphatic carbocycles. The van der Waals surface area contributed by atoms with Crippen molar-refractivity contribution in [2.24, 2.45) is 11.0 Å². The molecule has 1 aliphatic rings. The number of cyclic esters (lactones) is 1. The third-order valence-corrected chi connectivity index (χ3v) is 4.36. The van der Waals surface area contributed by atoms with Crippen molar-refractivity contribution in [2.75, 3.05) is 18.0 Å². The van der Waals surface area contributed by atoms with Crippen molar-refractivity contribution >= 4 is 23.5 Å². The normalized spacial score (nSPS) is 15.3. The number of hydrazine groups is 1. The SMILES string of the molecule is [N-]=[N+]=NC[C@H]1CN(c2ccc(C(=O)NN)c(F)c2C(=O)Cc2ccccn2)C(=O)O1. The summed E-state index contributed by atoms with van der Waals surface area (Å²) < 4.78 is 20.3. The molecule has 0 bridgehead atoms. The number of azide groups is 1. The van der Waals surface area contributed by atoms with Gasteiger partial charge in [-0.25, -0.2) is 15.0 Å². The number of aromatic nitrogens is 1. The number of hydrogen-bond acceptors (Lipinski definition) is 7. The molecule has 154 valence electrons. The Morgan fingerprint density at radius 1 is 1.40 bits per heavy atom. The highest BCUT2D eigenvalue weighted by Crippen LogP contribution is 2.30. The van der Waals surface area contributed by atoms with Gasteiger partial charge in [0.15, 0.2) is 5.78 Å². The molecule has 1 atom stereocenters. The van der Waals surface area contributed by atoms with Crippen molar-refractivity contribution in [3.8, 4) is 0 Å². The molecule has 2 heterocycles. The number of ether oxygens (including phenoxy) is 1. The number of ketones is 1. The van der Waals surface area contributed by atoms with Crippen LogP contribution in [0.15, 0.2) is 41.6 Å². The lowest BCUT2D eigenvalue weighted by Gasteiger charge is -2.19. The average Bonchev–Trinajstić information content (AvgIpc) is 3.12. The Hall–Kier alpha value is -4.02. The summed E-state index contributed by atoms with van der Waals surface area (Å²) in [5.41, 5.74) is 9.63. The van der Waals surface area contributed by atoms with Gasteiger partial charge in [0, 0.05) is 16.8 Å². The minimum absolute atomic E-state index is 0.0659. The topological polar surface area (TPSA) is 163 Å². The van der Waals surface area contributed by atoms with Crippen LogP contribution < -0.4 is 16.2 Å². The summed E-state index contributed by atoms with van der Waals surface area (Å²) in [5, 5.41) is 3.36. The monoisotopic (exact) mass is 413 g/mol. The summed E-state index contributed by atoms with van der Waals surface area (Å²) in [7, 11) is 0. The van der Waals surface area contributed by atoms with Crippen LogP contribution in [0.2, 0.25) is 0 Å². The fraction of sp³-hybridized carbons (Fsp3) is 0.222. The molecule has 11 nitrogen and oxygen atoms in total. The van der Waals surface area contributed by atoms with Crippen LogP contribution in [-0.2, 0) is 11.2 Å². The molecule has 3 N–H and O–H groups in total. The van der Waals surface area contributed by atoms with E-state index in [4.69, 9.17) is 16.1 Å². The second-order valence-corrected chi connectivity index (χ2v) is 6.25.